The minimum atomic E-state index is -1.50. The van der Waals surface area contributed by atoms with Crippen molar-refractivity contribution in [1.82, 2.24) is 14.5 Å². The summed E-state index contributed by atoms with van der Waals surface area (Å²) in [5, 5.41) is 0. The third kappa shape index (κ3) is 5.01. The molecule has 37 heavy (non-hydrogen) atoms. The summed E-state index contributed by atoms with van der Waals surface area (Å²) < 4.78 is 55.3. The minimum Gasteiger partial charge on any atom is -0.327 e. The second kappa shape index (κ2) is 9.59. The number of halogens is 4. The molecule has 1 saturated carbocycles. The fourth-order valence-corrected chi connectivity index (χ4v) is 4.75. The normalized spacial score (nSPS) is 17.2. The van der Waals surface area contributed by atoms with Gasteiger partial charge in [0.05, 0.1) is 16.8 Å². The molecule has 2 heterocycles. The number of benzene rings is 2. The van der Waals surface area contributed by atoms with Crippen molar-refractivity contribution in [3.8, 4) is 11.3 Å². The number of amides is 1. The molecule has 1 aromatic heterocycles. The summed E-state index contributed by atoms with van der Waals surface area (Å²) in [5.41, 5.74) is 7.09. The monoisotopic (exact) mass is 516 g/mol. The zero-order chi connectivity index (χ0) is 27.3. The molecule has 2 aromatic carbocycles. The number of carbonyl (C=O) groups is 1. The number of carbonyl (C=O) groups excluding carboxylic acids is 1. The number of hydrogen-bond donors (Lipinski definition) is 1. The highest BCUT2D eigenvalue weighted by atomic mass is 19.2. The fourth-order valence-electron chi connectivity index (χ4n) is 4.75. The van der Waals surface area contributed by atoms with Crippen LogP contribution in [0.15, 0.2) is 36.4 Å². The van der Waals surface area contributed by atoms with E-state index in [1.807, 2.05) is 39.2 Å². The average molecular weight is 517 g/mol. The zero-order valence-corrected chi connectivity index (χ0v) is 21.7. The van der Waals surface area contributed by atoms with Crippen LogP contribution in [0.4, 0.5) is 17.6 Å². The van der Waals surface area contributed by atoms with E-state index in [9.17, 15) is 22.4 Å². The van der Waals surface area contributed by atoms with Crippen LogP contribution in [0.2, 0.25) is 0 Å². The van der Waals surface area contributed by atoms with Gasteiger partial charge in [-0.05, 0) is 63.8 Å². The van der Waals surface area contributed by atoms with Crippen LogP contribution < -0.4 is 5.73 Å². The predicted octanol–water partition coefficient (Wildman–Crippen LogP) is 5.79. The highest BCUT2D eigenvalue weighted by Gasteiger charge is 2.53. The number of rotatable bonds is 3. The number of fused-ring (bicyclic) bond motifs is 1. The minimum absolute atomic E-state index is 0.00441. The van der Waals surface area contributed by atoms with Crippen LogP contribution in [-0.2, 0) is 16.9 Å². The molecule has 0 saturated heterocycles. The second-order valence-corrected chi connectivity index (χ2v) is 10.7. The Morgan fingerprint density at radius 1 is 1.00 bits per heavy atom. The molecule has 9 heteroatoms. The molecule has 1 fully saturated rings. The number of nitrogens with two attached hydrogens (primary N) is 1. The SMILES string of the molecule is CC(C)c1c(-c2cc(F)c(F)c(F)c2)nc2n1CCN(C(=O)C1(N)CC1)C2(C)C.Cc1ccc(F)cc1. The zero-order valence-electron chi connectivity index (χ0n) is 21.7. The van der Waals surface area contributed by atoms with Crippen molar-refractivity contribution in [2.75, 3.05) is 6.54 Å². The Kier molecular flexibility index (Phi) is 6.96. The van der Waals surface area contributed by atoms with Crippen LogP contribution in [0.3, 0.4) is 0 Å². The van der Waals surface area contributed by atoms with E-state index in [2.05, 4.69) is 0 Å². The largest absolute Gasteiger partial charge is 0.327 e. The summed E-state index contributed by atoms with van der Waals surface area (Å²) in [5.74, 6) is -3.64. The Morgan fingerprint density at radius 2 is 1.57 bits per heavy atom. The third-order valence-electron chi connectivity index (χ3n) is 7.05. The lowest BCUT2D eigenvalue weighted by Gasteiger charge is -2.43. The standard InChI is InChI=1S/C21H25F3N4O.C7H7F/c1-11(2)17-16(12-9-13(22)15(24)14(23)10-12)26-18-20(3,4)28(8-7-27(17)18)19(29)21(25)5-6-21;1-6-2-4-7(8)5-3-6/h9-11H,5-8,25H2,1-4H3;2-5H,1H3. The number of aryl methyl sites for hydroxylation is 1. The van der Waals surface area contributed by atoms with Gasteiger partial charge in [-0.25, -0.2) is 22.5 Å². The summed E-state index contributed by atoms with van der Waals surface area (Å²) in [6, 6.07) is 8.33. The highest BCUT2D eigenvalue weighted by Crippen LogP contribution is 2.42. The number of aromatic nitrogens is 2. The van der Waals surface area contributed by atoms with Gasteiger partial charge < -0.3 is 15.2 Å². The Bertz CT molecular complexity index is 1280. The van der Waals surface area contributed by atoms with Gasteiger partial charge in [-0.15, -0.1) is 0 Å². The van der Waals surface area contributed by atoms with Crippen molar-refractivity contribution in [2.45, 2.75) is 71.0 Å². The van der Waals surface area contributed by atoms with Gasteiger partial charge in [0.25, 0.3) is 0 Å². The highest BCUT2D eigenvalue weighted by molar-refractivity contribution is 5.89. The Morgan fingerprint density at radius 3 is 2.05 bits per heavy atom. The van der Waals surface area contributed by atoms with E-state index < -0.39 is 28.5 Å². The molecule has 2 aliphatic rings. The molecular weight excluding hydrogens is 484 g/mol. The molecule has 5 rings (SSSR count). The van der Waals surface area contributed by atoms with Crippen LogP contribution in [0, 0.1) is 30.2 Å². The smallest absolute Gasteiger partial charge is 0.243 e. The maximum absolute atomic E-state index is 13.9. The van der Waals surface area contributed by atoms with Gasteiger partial charge in [0.1, 0.15) is 11.6 Å². The lowest BCUT2D eigenvalue weighted by atomic mass is 9.97. The molecule has 0 atom stereocenters. The summed E-state index contributed by atoms with van der Waals surface area (Å²) in [6.07, 6.45) is 1.34. The van der Waals surface area contributed by atoms with Gasteiger partial charge in [-0.3, -0.25) is 4.79 Å². The van der Waals surface area contributed by atoms with Crippen LogP contribution >= 0.6 is 0 Å². The first-order valence-electron chi connectivity index (χ1n) is 12.3. The number of imidazole rings is 1. The Balaban J connectivity index is 0.000000342. The van der Waals surface area contributed by atoms with Gasteiger partial charge in [0, 0.05) is 24.3 Å². The van der Waals surface area contributed by atoms with E-state index in [-0.39, 0.29) is 23.2 Å². The predicted molar refractivity (Wildman–Crippen MR) is 134 cm³/mol. The fraction of sp³-hybridized carbons (Fsp3) is 0.429. The second-order valence-electron chi connectivity index (χ2n) is 10.7. The van der Waals surface area contributed by atoms with Crippen molar-refractivity contribution in [2.24, 2.45) is 5.73 Å². The lowest BCUT2D eigenvalue weighted by Crippen LogP contribution is -2.57. The van der Waals surface area contributed by atoms with Gasteiger partial charge in [-0.2, -0.15) is 0 Å². The molecule has 1 amide bonds. The van der Waals surface area contributed by atoms with Crippen molar-refractivity contribution in [1.29, 1.82) is 0 Å². The topological polar surface area (TPSA) is 64.2 Å². The quantitative estimate of drug-likeness (QED) is 0.354. The first-order valence-corrected chi connectivity index (χ1v) is 12.3. The van der Waals surface area contributed by atoms with Gasteiger partial charge in [0.2, 0.25) is 5.91 Å². The molecule has 3 aromatic rings. The molecule has 0 spiro atoms. The van der Waals surface area contributed by atoms with Crippen LogP contribution in [0.1, 0.15) is 63.5 Å². The van der Waals surface area contributed by atoms with Crippen LogP contribution in [0.5, 0.6) is 0 Å². The maximum Gasteiger partial charge on any atom is 0.243 e. The first kappa shape index (κ1) is 26.9. The molecule has 198 valence electrons. The molecule has 0 radical (unpaired) electrons. The summed E-state index contributed by atoms with van der Waals surface area (Å²) in [4.78, 5) is 19.4. The molecule has 1 aliphatic carbocycles. The van der Waals surface area contributed by atoms with E-state index in [0.717, 1.165) is 23.4 Å². The summed E-state index contributed by atoms with van der Waals surface area (Å²) in [6.45, 7) is 10.6. The third-order valence-corrected chi connectivity index (χ3v) is 7.05. The van der Waals surface area contributed by atoms with E-state index in [1.54, 1.807) is 17.0 Å². The van der Waals surface area contributed by atoms with Gasteiger partial charge in [0.15, 0.2) is 17.5 Å². The molecule has 1 aliphatic heterocycles. The van der Waals surface area contributed by atoms with Crippen molar-refractivity contribution < 1.29 is 22.4 Å². The van der Waals surface area contributed by atoms with Crippen LogP contribution in [-0.4, -0.2) is 32.4 Å². The van der Waals surface area contributed by atoms with E-state index >= 15 is 0 Å². The van der Waals surface area contributed by atoms with Crippen molar-refractivity contribution in [3.05, 3.63) is 76.7 Å². The summed E-state index contributed by atoms with van der Waals surface area (Å²) >= 11 is 0. The molecule has 5 nitrogen and oxygen atoms in total. The average Bonchev–Trinajstić information content (AvgIpc) is 3.45. The van der Waals surface area contributed by atoms with Gasteiger partial charge >= 0.3 is 0 Å². The van der Waals surface area contributed by atoms with E-state index in [4.69, 9.17) is 10.7 Å². The maximum atomic E-state index is 13.9. The number of nitrogens with zero attached hydrogens (tertiary/aromatic N) is 3. The molecular formula is C28H32F4N4O. The first-order chi connectivity index (χ1) is 17.3. The van der Waals surface area contributed by atoms with Crippen molar-refractivity contribution >= 4 is 5.91 Å². The van der Waals surface area contributed by atoms with Gasteiger partial charge in [-0.1, -0.05) is 31.5 Å². The molecule has 0 unspecified atom stereocenters. The molecule has 0 bridgehead atoms. The summed E-state index contributed by atoms with van der Waals surface area (Å²) in [7, 11) is 0. The lowest BCUT2D eigenvalue weighted by molar-refractivity contribution is -0.141. The Labute approximate surface area is 214 Å². The van der Waals surface area contributed by atoms with E-state index in [1.165, 1.54) is 12.1 Å². The van der Waals surface area contributed by atoms with E-state index in [0.29, 0.717) is 37.4 Å². The van der Waals surface area contributed by atoms with Crippen LogP contribution in [0.25, 0.3) is 11.3 Å². The van der Waals surface area contributed by atoms with Crippen molar-refractivity contribution in [3.63, 3.8) is 0 Å². The Hall–Kier alpha value is -3.20. The number of hydrogen-bond acceptors (Lipinski definition) is 3. The molecule has 2 N–H and O–H groups in total.